The van der Waals surface area contributed by atoms with Crippen LogP contribution in [0, 0.1) is 0 Å². The van der Waals surface area contributed by atoms with E-state index in [9.17, 15) is 26.7 Å². The van der Waals surface area contributed by atoms with Gasteiger partial charge < -0.3 is 25.7 Å². The fourth-order valence-electron chi connectivity index (χ4n) is 3.32. The number of ether oxygens (including phenoxy) is 3. The molecule has 3 aromatic rings. The molecule has 3 rings (SSSR count). The highest BCUT2D eigenvalue weighted by molar-refractivity contribution is 5.87. The molecule has 0 radical (unpaired) electrons. The molecule has 0 saturated heterocycles. The molecule has 38 heavy (non-hydrogen) atoms. The normalized spacial score (nSPS) is 12.8. The lowest BCUT2D eigenvalue weighted by atomic mass is 10.00. The van der Waals surface area contributed by atoms with E-state index in [2.05, 4.69) is 4.74 Å². The smallest absolute Gasteiger partial charge is 0.426 e. The van der Waals surface area contributed by atoms with E-state index in [1.165, 1.54) is 24.3 Å². The highest BCUT2D eigenvalue weighted by Crippen LogP contribution is 2.33. The molecule has 1 unspecified atom stereocenters. The Morgan fingerprint density at radius 1 is 0.921 bits per heavy atom. The van der Waals surface area contributed by atoms with Crippen molar-refractivity contribution in [3.8, 4) is 11.5 Å². The van der Waals surface area contributed by atoms with Crippen LogP contribution < -0.4 is 20.9 Å². The maximum absolute atomic E-state index is 14.5. The van der Waals surface area contributed by atoms with Gasteiger partial charge in [-0.15, -0.1) is 0 Å². The first-order valence-corrected chi connectivity index (χ1v) is 11.3. The quantitative estimate of drug-likeness (QED) is 0.137. The molecule has 0 heterocycles. The minimum Gasteiger partial charge on any atom is -0.484 e. The van der Waals surface area contributed by atoms with Crippen LogP contribution in [0.1, 0.15) is 29.5 Å². The Kier molecular flexibility index (Phi) is 8.82. The summed E-state index contributed by atoms with van der Waals surface area (Å²) in [4.78, 5) is 12.1. The molecule has 0 aliphatic carbocycles. The van der Waals surface area contributed by atoms with Crippen molar-refractivity contribution in [1.82, 2.24) is 0 Å². The van der Waals surface area contributed by atoms with Crippen LogP contribution in [0.5, 0.6) is 11.5 Å². The SMILES string of the molecule is CC(COC(=O)/C=C/c1ccc(C(F)(F)Oc2ccc(OCC(F)(F)F)cc2)cc1)c1ccc(N)cc1N. The van der Waals surface area contributed by atoms with Crippen molar-refractivity contribution in [2.24, 2.45) is 0 Å². The van der Waals surface area contributed by atoms with Crippen LogP contribution in [0.25, 0.3) is 6.08 Å². The largest absolute Gasteiger partial charge is 0.484 e. The van der Waals surface area contributed by atoms with Crippen LogP contribution in [-0.4, -0.2) is 25.4 Å². The number of carbonyl (C=O) groups excluding carboxylic acids is 1. The summed E-state index contributed by atoms with van der Waals surface area (Å²) in [5.41, 5.74) is 13.4. The summed E-state index contributed by atoms with van der Waals surface area (Å²) in [6, 6.07) is 14.4. The predicted molar refractivity (Wildman–Crippen MR) is 133 cm³/mol. The van der Waals surface area contributed by atoms with Gasteiger partial charge in [0.1, 0.15) is 11.5 Å². The summed E-state index contributed by atoms with van der Waals surface area (Å²) in [5.74, 6) is -1.20. The first kappa shape index (κ1) is 28.3. The zero-order chi connectivity index (χ0) is 27.9. The number of hydrogen-bond donors (Lipinski definition) is 2. The van der Waals surface area contributed by atoms with E-state index in [0.717, 1.165) is 42.0 Å². The van der Waals surface area contributed by atoms with Gasteiger partial charge >= 0.3 is 18.3 Å². The molecular formula is C27H25F5N2O4. The van der Waals surface area contributed by atoms with Crippen LogP contribution >= 0.6 is 0 Å². The fourth-order valence-corrected chi connectivity index (χ4v) is 3.32. The van der Waals surface area contributed by atoms with Gasteiger partial charge in [0.25, 0.3) is 0 Å². The molecule has 0 amide bonds. The third-order valence-corrected chi connectivity index (χ3v) is 5.25. The van der Waals surface area contributed by atoms with Crippen molar-refractivity contribution >= 4 is 23.4 Å². The molecule has 6 nitrogen and oxygen atoms in total. The topological polar surface area (TPSA) is 96.8 Å². The minimum atomic E-state index is -4.52. The Morgan fingerprint density at radius 3 is 2.16 bits per heavy atom. The number of nitrogens with two attached hydrogens (primary N) is 2. The summed E-state index contributed by atoms with van der Waals surface area (Å²) in [7, 11) is 0. The summed E-state index contributed by atoms with van der Waals surface area (Å²) in [5, 5.41) is 0. The molecule has 0 bridgehead atoms. The van der Waals surface area contributed by atoms with E-state index >= 15 is 0 Å². The standard InChI is InChI=1S/C27H25F5N2O4/c1-17(23-12-7-20(33)14-24(23)34)15-36-25(35)13-4-18-2-5-19(6-3-18)27(31,32)38-22-10-8-21(9-11-22)37-16-26(28,29)30/h2-14,17H,15-16,33-34H2,1H3/b13-4+. The highest BCUT2D eigenvalue weighted by Gasteiger charge is 2.34. The summed E-state index contributed by atoms with van der Waals surface area (Å²) < 4.78 is 80.2. The van der Waals surface area contributed by atoms with Crippen LogP contribution in [0.4, 0.5) is 33.3 Å². The molecular weight excluding hydrogens is 511 g/mol. The van der Waals surface area contributed by atoms with Gasteiger partial charge in [-0.05, 0) is 65.7 Å². The van der Waals surface area contributed by atoms with Crippen LogP contribution in [0.2, 0.25) is 0 Å². The fraction of sp³-hybridized carbons (Fsp3) is 0.222. The van der Waals surface area contributed by atoms with Crippen molar-refractivity contribution in [2.45, 2.75) is 25.1 Å². The lowest BCUT2D eigenvalue weighted by Crippen LogP contribution is -2.22. The molecule has 0 aliphatic rings. The van der Waals surface area contributed by atoms with E-state index in [1.807, 2.05) is 6.92 Å². The van der Waals surface area contributed by atoms with Gasteiger partial charge in [-0.1, -0.05) is 25.1 Å². The zero-order valence-corrected chi connectivity index (χ0v) is 20.2. The van der Waals surface area contributed by atoms with Crippen LogP contribution in [0.15, 0.2) is 72.8 Å². The summed E-state index contributed by atoms with van der Waals surface area (Å²) in [6.45, 7) is 0.422. The van der Waals surface area contributed by atoms with Gasteiger partial charge in [-0.3, -0.25) is 0 Å². The minimum absolute atomic E-state index is 0.0786. The van der Waals surface area contributed by atoms with Gasteiger partial charge in [0.15, 0.2) is 6.61 Å². The molecule has 4 N–H and O–H groups in total. The number of halogens is 5. The number of benzene rings is 3. The maximum Gasteiger partial charge on any atom is 0.426 e. The molecule has 0 aromatic heterocycles. The Balaban J connectivity index is 1.53. The first-order chi connectivity index (χ1) is 17.8. The van der Waals surface area contributed by atoms with E-state index in [1.54, 1.807) is 18.2 Å². The molecule has 0 spiro atoms. The average molecular weight is 536 g/mol. The predicted octanol–water partition coefficient (Wildman–Crippen LogP) is 6.28. The Hall–Kier alpha value is -4.28. The molecule has 0 saturated carbocycles. The second-order valence-corrected chi connectivity index (χ2v) is 8.37. The second-order valence-electron chi connectivity index (χ2n) is 8.37. The number of rotatable bonds is 10. The van der Waals surface area contributed by atoms with Gasteiger partial charge in [0, 0.05) is 23.4 Å². The number of hydrogen-bond acceptors (Lipinski definition) is 6. The van der Waals surface area contributed by atoms with E-state index < -0.39 is 30.4 Å². The third kappa shape index (κ3) is 8.39. The van der Waals surface area contributed by atoms with E-state index in [-0.39, 0.29) is 24.0 Å². The molecule has 0 aliphatic heterocycles. The van der Waals surface area contributed by atoms with E-state index in [4.69, 9.17) is 20.9 Å². The van der Waals surface area contributed by atoms with Crippen LogP contribution in [-0.2, 0) is 15.6 Å². The Morgan fingerprint density at radius 2 is 1.55 bits per heavy atom. The molecule has 1 atom stereocenters. The number of alkyl halides is 5. The van der Waals surface area contributed by atoms with Crippen molar-refractivity contribution in [2.75, 3.05) is 24.7 Å². The van der Waals surface area contributed by atoms with Gasteiger partial charge in [0.2, 0.25) is 0 Å². The van der Waals surface area contributed by atoms with E-state index in [0.29, 0.717) is 16.9 Å². The molecule has 0 fully saturated rings. The average Bonchev–Trinajstić information content (AvgIpc) is 2.85. The number of esters is 1. The number of nitrogen functional groups attached to an aromatic ring is 2. The monoisotopic (exact) mass is 536 g/mol. The molecule has 11 heteroatoms. The van der Waals surface area contributed by atoms with Crippen molar-refractivity contribution in [1.29, 1.82) is 0 Å². The lowest BCUT2D eigenvalue weighted by Gasteiger charge is -2.18. The Labute approximate surface area is 215 Å². The Bertz CT molecular complexity index is 1260. The molecule has 3 aromatic carbocycles. The van der Waals surface area contributed by atoms with Crippen molar-refractivity contribution in [3.05, 3.63) is 89.5 Å². The second kappa shape index (κ2) is 11.8. The van der Waals surface area contributed by atoms with Gasteiger partial charge in [-0.2, -0.15) is 22.0 Å². The van der Waals surface area contributed by atoms with Crippen molar-refractivity contribution in [3.63, 3.8) is 0 Å². The lowest BCUT2D eigenvalue weighted by molar-refractivity contribution is -0.185. The maximum atomic E-state index is 14.5. The number of carbonyl (C=O) groups is 1. The first-order valence-electron chi connectivity index (χ1n) is 11.3. The van der Waals surface area contributed by atoms with Crippen LogP contribution in [0.3, 0.4) is 0 Å². The van der Waals surface area contributed by atoms with Crippen molar-refractivity contribution < 1.29 is 41.0 Å². The number of anilines is 2. The highest BCUT2D eigenvalue weighted by atomic mass is 19.4. The third-order valence-electron chi connectivity index (χ3n) is 5.25. The van der Waals surface area contributed by atoms with Gasteiger partial charge in [-0.25, -0.2) is 4.79 Å². The van der Waals surface area contributed by atoms with Gasteiger partial charge in [0.05, 0.1) is 12.2 Å². The summed E-state index contributed by atoms with van der Waals surface area (Å²) >= 11 is 0. The zero-order valence-electron chi connectivity index (χ0n) is 20.2. The molecule has 202 valence electrons. The summed E-state index contributed by atoms with van der Waals surface area (Å²) in [6.07, 6.45) is -5.66.